The van der Waals surface area contributed by atoms with Gasteiger partial charge in [0.15, 0.2) is 0 Å². The molecule has 19 heavy (non-hydrogen) atoms. The zero-order valence-corrected chi connectivity index (χ0v) is 12.0. The third-order valence-corrected chi connectivity index (χ3v) is 4.53. The van der Waals surface area contributed by atoms with Crippen LogP contribution in [-0.4, -0.2) is 36.7 Å². The number of nitrogens with one attached hydrogen (secondary N) is 1. The predicted molar refractivity (Wildman–Crippen MR) is 78.0 cm³/mol. The van der Waals surface area contributed by atoms with Crippen molar-refractivity contribution in [1.29, 1.82) is 0 Å². The normalized spacial score (nSPS) is 23.4. The van der Waals surface area contributed by atoms with Crippen LogP contribution in [0.2, 0.25) is 0 Å². The molecule has 2 rings (SSSR count). The van der Waals surface area contributed by atoms with Crippen LogP contribution in [-0.2, 0) is 0 Å². The lowest BCUT2D eigenvalue weighted by molar-refractivity contribution is 0.0670. The molecule has 0 spiro atoms. The molecule has 1 fully saturated rings. The summed E-state index contributed by atoms with van der Waals surface area (Å²) in [7, 11) is 0. The molecule has 0 aliphatic carbocycles. The van der Waals surface area contributed by atoms with Crippen molar-refractivity contribution in [3.63, 3.8) is 0 Å². The molecule has 1 saturated heterocycles. The van der Waals surface area contributed by atoms with Crippen LogP contribution in [0.25, 0.3) is 0 Å². The van der Waals surface area contributed by atoms with Gasteiger partial charge in [-0.1, -0.05) is 44.2 Å². The van der Waals surface area contributed by atoms with Gasteiger partial charge >= 0.3 is 0 Å². The summed E-state index contributed by atoms with van der Waals surface area (Å²) in [5.41, 5.74) is 1.43. The fraction of sp³-hybridized carbons (Fsp3) is 0.625. The van der Waals surface area contributed by atoms with E-state index in [4.69, 9.17) is 0 Å². The van der Waals surface area contributed by atoms with E-state index in [0.29, 0.717) is 12.6 Å². The summed E-state index contributed by atoms with van der Waals surface area (Å²) >= 11 is 0. The minimum atomic E-state index is -0.271. The van der Waals surface area contributed by atoms with Crippen LogP contribution in [0.1, 0.15) is 38.3 Å². The number of benzene rings is 1. The van der Waals surface area contributed by atoms with Crippen molar-refractivity contribution in [2.45, 2.75) is 38.3 Å². The van der Waals surface area contributed by atoms with Crippen molar-refractivity contribution in [2.24, 2.45) is 0 Å². The second-order valence-electron chi connectivity index (χ2n) is 5.45. The fourth-order valence-corrected chi connectivity index (χ4v) is 3.07. The van der Waals surface area contributed by atoms with Gasteiger partial charge in [-0.05, 0) is 18.4 Å². The first-order valence-electron chi connectivity index (χ1n) is 7.34. The molecular formula is C16H25FN2. The van der Waals surface area contributed by atoms with Crippen molar-refractivity contribution >= 4 is 0 Å². The number of hydrogen-bond acceptors (Lipinski definition) is 2. The summed E-state index contributed by atoms with van der Waals surface area (Å²) in [6, 6.07) is 10.7. The van der Waals surface area contributed by atoms with Gasteiger partial charge < -0.3 is 5.32 Å². The van der Waals surface area contributed by atoms with Gasteiger partial charge in [-0.2, -0.15) is 0 Å². The van der Waals surface area contributed by atoms with E-state index >= 15 is 0 Å². The first-order chi connectivity index (χ1) is 9.24. The van der Waals surface area contributed by atoms with E-state index in [9.17, 15) is 4.39 Å². The molecule has 1 aliphatic rings. The topological polar surface area (TPSA) is 15.3 Å². The van der Waals surface area contributed by atoms with Gasteiger partial charge in [-0.25, -0.2) is 4.39 Å². The van der Waals surface area contributed by atoms with Gasteiger partial charge in [0.2, 0.25) is 0 Å². The molecule has 1 N–H and O–H groups in total. The molecule has 1 unspecified atom stereocenters. The molecule has 0 aromatic heterocycles. The Morgan fingerprint density at radius 3 is 2.53 bits per heavy atom. The maximum Gasteiger partial charge on any atom is 0.102 e. The maximum atomic E-state index is 12.9. The number of nitrogens with zero attached hydrogens (tertiary/aromatic N) is 1. The lowest BCUT2D eigenvalue weighted by Gasteiger charge is -2.47. The molecule has 3 heteroatoms. The predicted octanol–water partition coefficient (Wildman–Crippen LogP) is 3.16. The van der Waals surface area contributed by atoms with Crippen molar-refractivity contribution in [2.75, 3.05) is 26.3 Å². The first kappa shape index (κ1) is 14.5. The summed E-state index contributed by atoms with van der Waals surface area (Å²) in [5.74, 6) is 0. The van der Waals surface area contributed by atoms with Gasteiger partial charge in [-0.15, -0.1) is 0 Å². The van der Waals surface area contributed by atoms with Crippen LogP contribution in [0.15, 0.2) is 30.3 Å². The molecule has 1 atom stereocenters. The van der Waals surface area contributed by atoms with Crippen molar-refractivity contribution in [3.05, 3.63) is 35.9 Å². The molecule has 1 aliphatic heterocycles. The first-order valence-corrected chi connectivity index (χ1v) is 7.34. The SMILES string of the molecule is CCC1(CC)CN(CCF)C(c2ccccc2)CN1. The molecule has 106 valence electrons. The second-order valence-corrected chi connectivity index (χ2v) is 5.45. The van der Waals surface area contributed by atoms with Crippen molar-refractivity contribution in [3.8, 4) is 0 Å². The highest BCUT2D eigenvalue weighted by molar-refractivity contribution is 5.21. The number of hydrogen-bond donors (Lipinski definition) is 1. The van der Waals surface area contributed by atoms with Crippen LogP contribution >= 0.6 is 0 Å². The average Bonchev–Trinajstić information content (AvgIpc) is 2.48. The minimum absolute atomic E-state index is 0.153. The van der Waals surface area contributed by atoms with Crippen LogP contribution in [0.4, 0.5) is 4.39 Å². The minimum Gasteiger partial charge on any atom is -0.308 e. The third kappa shape index (κ3) is 3.15. The number of halogens is 1. The highest BCUT2D eigenvalue weighted by Gasteiger charge is 2.36. The molecule has 0 amide bonds. The summed E-state index contributed by atoms with van der Waals surface area (Å²) in [4.78, 5) is 2.30. The summed E-state index contributed by atoms with van der Waals surface area (Å²) in [6.45, 7) is 6.53. The highest BCUT2D eigenvalue weighted by atomic mass is 19.1. The standard InChI is InChI=1S/C16H25FN2/c1-3-16(4-2)13-19(11-10-17)15(12-18-16)14-8-6-5-7-9-14/h5-9,15,18H,3-4,10-13H2,1-2H3. The molecule has 0 bridgehead atoms. The van der Waals surface area contributed by atoms with Gasteiger partial charge in [0.25, 0.3) is 0 Å². The van der Waals surface area contributed by atoms with Crippen molar-refractivity contribution < 1.29 is 4.39 Å². The Morgan fingerprint density at radius 2 is 1.95 bits per heavy atom. The van der Waals surface area contributed by atoms with Gasteiger partial charge in [0.05, 0.1) is 0 Å². The Hall–Kier alpha value is -0.930. The Balaban J connectivity index is 2.17. The van der Waals surface area contributed by atoms with Crippen LogP contribution < -0.4 is 5.32 Å². The number of rotatable bonds is 5. The van der Waals surface area contributed by atoms with Gasteiger partial charge in [0.1, 0.15) is 6.67 Å². The molecule has 2 nitrogen and oxygen atoms in total. The largest absolute Gasteiger partial charge is 0.308 e. The summed E-state index contributed by atoms with van der Waals surface area (Å²) in [5, 5.41) is 3.70. The average molecular weight is 264 g/mol. The zero-order valence-electron chi connectivity index (χ0n) is 12.0. The third-order valence-electron chi connectivity index (χ3n) is 4.53. The Labute approximate surface area is 116 Å². The van der Waals surface area contributed by atoms with E-state index in [2.05, 4.69) is 48.3 Å². The molecule has 0 radical (unpaired) electrons. The molecule has 1 aromatic rings. The molecular weight excluding hydrogens is 239 g/mol. The van der Waals surface area contributed by atoms with Crippen molar-refractivity contribution in [1.82, 2.24) is 10.2 Å². The molecule has 1 aromatic carbocycles. The quantitative estimate of drug-likeness (QED) is 0.879. The van der Waals surface area contributed by atoms with Crippen LogP contribution in [0.3, 0.4) is 0 Å². The van der Waals surface area contributed by atoms with E-state index in [1.165, 1.54) is 5.56 Å². The van der Waals surface area contributed by atoms with Gasteiger partial charge in [0, 0.05) is 31.2 Å². The van der Waals surface area contributed by atoms with Crippen LogP contribution in [0, 0.1) is 0 Å². The van der Waals surface area contributed by atoms with E-state index in [0.717, 1.165) is 25.9 Å². The summed E-state index contributed by atoms with van der Waals surface area (Å²) < 4.78 is 12.9. The lowest BCUT2D eigenvalue weighted by Crippen LogP contribution is -2.61. The van der Waals surface area contributed by atoms with E-state index in [-0.39, 0.29) is 12.2 Å². The van der Waals surface area contributed by atoms with Crippen LogP contribution in [0.5, 0.6) is 0 Å². The smallest absolute Gasteiger partial charge is 0.102 e. The Morgan fingerprint density at radius 1 is 1.26 bits per heavy atom. The molecule has 0 saturated carbocycles. The monoisotopic (exact) mass is 264 g/mol. The van der Waals surface area contributed by atoms with Gasteiger partial charge in [-0.3, -0.25) is 4.90 Å². The highest BCUT2D eigenvalue weighted by Crippen LogP contribution is 2.30. The second kappa shape index (κ2) is 6.49. The van der Waals surface area contributed by atoms with E-state index < -0.39 is 0 Å². The fourth-order valence-electron chi connectivity index (χ4n) is 3.07. The summed E-state index contributed by atoms with van der Waals surface area (Å²) in [6.07, 6.45) is 2.18. The number of alkyl halides is 1. The Bertz CT molecular complexity index is 376. The Kier molecular flexibility index (Phi) is 4.94. The zero-order chi connectivity index (χ0) is 13.7. The van der Waals surface area contributed by atoms with E-state index in [1.54, 1.807) is 0 Å². The van der Waals surface area contributed by atoms with E-state index in [1.807, 2.05) is 6.07 Å². The lowest BCUT2D eigenvalue weighted by atomic mass is 9.87. The number of piperazine rings is 1. The molecule has 1 heterocycles. The maximum absolute atomic E-state index is 12.9.